The number of imide groups is 2. The molecule has 8 nitrogen and oxygen atoms in total. The van der Waals surface area contributed by atoms with Crippen LogP contribution in [0.2, 0.25) is 0 Å². The zero-order valence-corrected chi connectivity index (χ0v) is 20.7. The maximum absolute atomic E-state index is 13.2. The van der Waals surface area contributed by atoms with E-state index >= 15 is 0 Å². The number of nitrogens with zero attached hydrogens (tertiary/aromatic N) is 2. The van der Waals surface area contributed by atoms with Gasteiger partial charge in [0.15, 0.2) is 0 Å². The fourth-order valence-corrected chi connectivity index (χ4v) is 5.73. The topological polar surface area (TPSA) is 109 Å². The molecule has 4 amide bonds. The highest BCUT2D eigenvalue weighted by atomic mass is 32.2. The van der Waals surface area contributed by atoms with Crippen LogP contribution in [0.1, 0.15) is 34.6 Å². The van der Waals surface area contributed by atoms with Gasteiger partial charge in [0.2, 0.25) is 9.84 Å². The van der Waals surface area contributed by atoms with Crippen molar-refractivity contribution >= 4 is 44.8 Å². The Hall–Kier alpha value is -4.63. The minimum absolute atomic E-state index is 0.0404. The fourth-order valence-electron chi connectivity index (χ4n) is 4.46. The van der Waals surface area contributed by atoms with Crippen LogP contribution < -0.4 is 9.80 Å². The number of sulfone groups is 1. The summed E-state index contributed by atoms with van der Waals surface area (Å²) in [6.45, 7) is 3.34. The number of anilines is 2. The molecule has 5 rings (SSSR count). The van der Waals surface area contributed by atoms with Crippen LogP contribution in [0.25, 0.3) is 0 Å². The highest BCUT2D eigenvalue weighted by Crippen LogP contribution is 2.33. The number of rotatable bonds is 4. The van der Waals surface area contributed by atoms with Crippen molar-refractivity contribution < 1.29 is 27.6 Å². The van der Waals surface area contributed by atoms with E-state index in [4.69, 9.17) is 0 Å². The molecule has 0 spiro atoms. The molecule has 0 bridgehead atoms. The van der Waals surface area contributed by atoms with Gasteiger partial charge >= 0.3 is 0 Å². The number of benzene rings is 3. The molecule has 0 aromatic heterocycles. The Balaban J connectivity index is 1.41. The van der Waals surface area contributed by atoms with Crippen LogP contribution in [-0.2, 0) is 19.4 Å². The number of carbonyl (C=O) groups is 4. The molecule has 2 heterocycles. The number of carbonyl (C=O) groups excluding carboxylic acids is 4. The van der Waals surface area contributed by atoms with Gasteiger partial charge in [0.1, 0.15) is 0 Å². The molecular weight excluding hydrogens is 492 g/mol. The van der Waals surface area contributed by atoms with Gasteiger partial charge < -0.3 is 0 Å². The van der Waals surface area contributed by atoms with Crippen LogP contribution in [0.15, 0.2) is 106 Å². The molecule has 1 saturated heterocycles. The van der Waals surface area contributed by atoms with Crippen LogP contribution in [0.4, 0.5) is 11.4 Å². The first-order chi connectivity index (χ1) is 17.7. The molecule has 0 radical (unpaired) electrons. The second-order valence-electron chi connectivity index (χ2n) is 8.33. The lowest BCUT2D eigenvalue weighted by molar-refractivity contribution is -0.119. The summed E-state index contributed by atoms with van der Waals surface area (Å²) < 4.78 is 26.4. The molecule has 0 saturated carbocycles. The van der Waals surface area contributed by atoms with Crippen LogP contribution in [0.3, 0.4) is 0 Å². The highest BCUT2D eigenvalue weighted by Gasteiger charge is 2.39. The van der Waals surface area contributed by atoms with Gasteiger partial charge in [-0.1, -0.05) is 24.3 Å². The molecule has 0 N–H and O–H groups in total. The van der Waals surface area contributed by atoms with Gasteiger partial charge in [0, 0.05) is 11.1 Å². The lowest BCUT2D eigenvalue weighted by atomic mass is 10.1. The summed E-state index contributed by atoms with van der Waals surface area (Å²) in [7, 11) is -3.96. The van der Waals surface area contributed by atoms with Crippen LogP contribution in [0.5, 0.6) is 0 Å². The zero-order valence-electron chi connectivity index (χ0n) is 19.8. The molecule has 3 aromatic carbocycles. The largest absolute Gasteiger partial charge is 0.268 e. The minimum Gasteiger partial charge on any atom is -0.268 e. The highest BCUT2D eigenvalue weighted by molar-refractivity contribution is 7.91. The van der Waals surface area contributed by atoms with Crippen molar-refractivity contribution in [3.8, 4) is 0 Å². The zero-order chi connectivity index (χ0) is 26.5. The molecule has 0 unspecified atom stereocenters. The Morgan fingerprint density at radius 2 is 0.892 bits per heavy atom. The third kappa shape index (κ3) is 3.63. The molecule has 0 atom stereocenters. The molecule has 0 aliphatic carbocycles. The van der Waals surface area contributed by atoms with Gasteiger partial charge in [0.25, 0.3) is 23.6 Å². The summed E-state index contributed by atoms with van der Waals surface area (Å²) in [4.78, 5) is 52.8. The smallest absolute Gasteiger partial charge is 0.266 e. The van der Waals surface area contributed by atoms with E-state index in [1.165, 1.54) is 48.5 Å². The Morgan fingerprint density at radius 1 is 0.541 bits per heavy atom. The SMILES string of the molecule is C/C=C1/C(=O)N(c2ccc(S(=O)(=O)c3ccc(N4C(=O)c5ccccc5C4=O)cc3)cc2)C(=O)/C1=C/C. The molecule has 1 fully saturated rings. The van der Waals surface area contributed by atoms with E-state index < -0.39 is 33.5 Å². The number of hydrogen-bond acceptors (Lipinski definition) is 6. The second-order valence-corrected chi connectivity index (χ2v) is 10.3. The van der Waals surface area contributed by atoms with Crippen molar-refractivity contribution in [3.05, 3.63) is 107 Å². The monoisotopic (exact) mass is 512 g/mol. The molecule has 2 aliphatic heterocycles. The van der Waals surface area contributed by atoms with Crippen LogP contribution in [-0.4, -0.2) is 32.0 Å². The predicted molar refractivity (Wildman–Crippen MR) is 136 cm³/mol. The second kappa shape index (κ2) is 8.79. The van der Waals surface area contributed by atoms with Crippen molar-refractivity contribution in [1.29, 1.82) is 0 Å². The Kier molecular flexibility index (Phi) is 5.72. The minimum atomic E-state index is -3.96. The maximum Gasteiger partial charge on any atom is 0.266 e. The van der Waals surface area contributed by atoms with Gasteiger partial charge in [-0.2, -0.15) is 0 Å². The van der Waals surface area contributed by atoms with E-state index in [-0.39, 0.29) is 21.2 Å². The molecule has 2 aliphatic rings. The Labute approximate surface area is 213 Å². The van der Waals surface area contributed by atoms with Gasteiger partial charge in [-0.15, -0.1) is 0 Å². The Morgan fingerprint density at radius 3 is 1.24 bits per heavy atom. The van der Waals surface area contributed by atoms with E-state index in [0.717, 1.165) is 9.80 Å². The normalized spacial score (nSPS) is 17.9. The van der Waals surface area contributed by atoms with Crippen molar-refractivity contribution in [2.24, 2.45) is 0 Å². The average Bonchev–Trinajstić information content (AvgIpc) is 3.31. The number of hydrogen-bond donors (Lipinski definition) is 0. The van der Waals surface area contributed by atoms with Gasteiger partial charge in [-0.3, -0.25) is 19.2 Å². The number of amides is 4. The van der Waals surface area contributed by atoms with Gasteiger partial charge in [-0.05, 0) is 74.5 Å². The predicted octanol–water partition coefficient (Wildman–Crippen LogP) is 4.09. The average molecular weight is 513 g/mol. The summed E-state index contributed by atoms with van der Waals surface area (Å²) in [6, 6.07) is 17.4. The molecule has 3 aromatic rings. The summed E-state index contributed by atoms with van der Waals surface area (Å²) in [5.41, 5.74) is 1.69. The van der Waals surface area contributed by atoms with Crippen molar-refractivity contribution in [2.45, 2.75) is 23.6 Å². The molecule has 37 heavy (non-hydrogen) atoms. The van der Waals surface area contributed by atoms with Crippen LogP contribution >= 0.6 is 0 Å². The maximum atomic E-state index is 13.2. The third-order valence-corrected chi connectivity index (χ3v) is 8.12. The molecular formula is C28H20N2O6S. The standard InChI is InChI=1S/C28H20N2O6S/c1-3-21-22(4-2)26(32)29(25(21)31)17-9-13-19(14-10-17)37(35,36)20-15-11-18(12-16-20)30-27(33)23-7-5-6-8-24(23)28(30)34/h3-16H,1-2H3/b21-3+,22-4+. The van der Waals surface area contributed by atoms with Crippen molar-refractivity contribution in [2.75, 3.05) is 9.80 Å². The third-order valence-electron chi connectivity index (χ3n) is 6.34. The lowest BCUT2D eigenvalue weighted by Gasteiger charge is -2.15. The van der Waals surface area contributed by atoms with Crippen molar-refractivity contribution in [3.63, 3.8) is 0 Å². The van der Waals surface area contributed by atoms with Gasteiger partial charge in [0.05, 0.1) is 32.3 Å². The summed E-state index contributed by atoms with van der Waals surface area (Å²) >= 11 is 0. The lowest BCUT2D eigenvalue weighted by Crippen LogP contribution is -2.29. The summed E-state index contributed by atoms with van der Waals surface area (Å²) in [6.07, 6.45) is 3.14. The van der Waals surface area contributed by atoms with Gasteiger partial charge in [-0.25, -0.2) is 18.2 Å². The van der Waals surface area contributed by atoms with Crippen LogP contribution in [0, 0.1) is 0 Å². The first-order valence-electron chi connectivity index (χ1n) is 11.4. The van der Waals surface area contributed by atoms with E-state index in [1.54, 1.807) is 50.3 Å². The van der Waals surface area contributed by atoms with E-state index in [2.05, 4.69) is 0 Å². The summed E-state index contributed by atoms with van der Waals surface area (Å²) in [5, 5.41) is 0. The van der Waals surface area contributed by atoms with Crippen molar-refractivity contribution in [1.82, 2.24) is 0 Å². The first kappa shape index (κ1) is 24.1. The molecule has 184 valence electrons. The summed E-state index contributed by atoms with van der Waals surface area (Å²) in [5.74, 6) is -1.89. The quantitative estimate of drug-likeness (QED) is 0.385. The van der Waals surface area contributed by atoms with E-state index in [0.29, 0.717) is 22.3 Å². The van der Waals surface area contributed by atoms with E-state index in [1.807, 2.05) is 0 Å². The molecule has 9 heteroatoms. The fraction of sp³-hybridized carbons (Fsp3) is 0.0714. The number of allylic oxidation sites excluding steroid dienone is 2. The number of fused-ring (bicyclic) bond motifs is 1. The Bertz CT molecular complexity index is 1600. The van der Waals surface area contributed by atoms with E-state index in [9.17, 15) is 27.6 Å². The first-order valence-corrected chi connectivity index (χ1v) is 12.8.